The van der Waals surface area contributed by atoms with Gasteiger partial charge >= 0.3 is 5.97 Å². The molecule has 7 nitrogen and oxygen atoms in total. The third-order valence-corrected chi connectivity index (χ3v) is 6.41. The summed E-state index contributed by atoms with van der Waals surface area (Å²) in [5, 5.41) is 0. The molecule has 174 valence electrons. The third-order valence-electron chi connectivity index (χ3n) is 5.43. The van der Waals surface area contributed by atoms with Gasteiger partial charge in [0.05, 0.1) is 36.1 Å². The van der Waals surface area contributed by atoms with Crippen LogP contribution in [0.2, 0.25) is 0 Å². The van der Waals surface area contributed by atoms with E-state index in [9.17, 15) is 9.59 Å². The molecule has 0 spiro atoms. The molecular formula is C26H24N2O5S. The number of rotatable bonds is 7. The second kappa shape index (κ2) is 9.93. The fourth-order valence-corrected chi connectivity index (χ4v) is 4.86. The van der Waals surface area contributed by atoms with E-state index in [-0.39, 0.29) is 12.2 Å². The van der Waals surface area contributed by atoms with Gasteiger partial charge in [0.15, 0.2) is 4.80 Å². The first-order valence-corrected chi connectivity index (χ1v) is 11.4. The average Bonchev–Trinajstić information content (AvgIpc) is 3.16. The van der Waals surface area contributed by atoms with E-state index in [0.29, 0.717) is 32.1 Å². The van der Waals surface area contributed by atoms with Crippen LogP contribution in [0, 0.1) is 0 Å². The number of ether oxygens (including phenoxy) is 3. The number of carbonyl (C=O) groups is 1. The molecule has 8 heteroatoms. The number of methoxy groups -OCH3 is 2. The van der Waals surface area contributed by atoms with Crippen LogP contribution in [0.3, 0.4) is 0 Å². The summed E-state index contributed by atoms with van der Waals surface area (Å²) in [4.78, 5) is 31.8. The van der Waals surface area contributed by atoms with E-state index in [1.165, 1.54) is 17.4 Å². The number of thiazole rings is 1. The number of benzene rings is 2. The molecule has 1 aliphatic heterocycles. The number of carbonyl (C=O) groups excluding carboxylic acids is 1. The molecule has 2 heterocycles. The summed E-state index contributed by atoms with van der Waals surface area (Å²) in [5.41, 5.74) is 2.07. The van der Waals surface area contributed by atoms with Gasteiger partial charge in [-0.25, -0.2) is 9.79 Å². The van der Waals surface area contributed by atoms with E-state index < -0.39 is 12.0 Å². The Balaban J connectivity index is 1.93. The fourth-order valence-electron chi connectivity index (χ4n) is 3.82. The highest BCUT2D eigenvalue weighted by molar-refractivity contribution is 7.07. The van der Waals surface area contributed by atoms with Crippen molar-refractivity contribution in [1.29, 1.82) is 0 Å². The Kier molecular flexibility index (Phi) is 6.79. The van der Waals surface area contributed by atoms with Gasteiger partial charge in [-0.1, -0.05) is 54.3 Å². The Bertz CT molecular complexity index is 1450. The van der Waals surface area contributed by atoms with E-state index in [1.54, 1.807) is 43.9 Å². The standard InChI is InChI=1S/C26H24N2O5S/c1-5-14-33-25(30)22-16(2)27-26-28(23(22)17-10-12-19(31-3)13-11-17)24(29)21(34-26)15-18-8-6-7-9-20(18)32-4/h5-13,15,23H,1,14H2,2-4H3/b21-15-/t23-/m0/s1. The second-order valence-electron chi connectivity index (χ2n) is 7.48. The maximum atomic E-state index is 13.6. The van der Waals surface area contributed by atoms with Crippen molar-refractivity contribution in [2.45, 2.75) is 13.0 Å². The monoisotopic (exact) mass is 476 g/mol. The van der Waals surface area contributed by atoms with Crippen molar-refractivity contribution in [2.24, 2.45) is 4.99 Å². The number of aromatic nitrogens is 1. The van der Waals surface area contributed by atoms with Gasteiger partial charge in [-0.2, -0.15) is 0 Å². The second-order valence-corrected chi connectivity index (χ2v) is 8.49. The summed E-state index contributed by atoms with van der Waals surface area (Å²) in [6.45, 7) is 5.41. The van der Waals surface area contributed by atoms with Crippen LogP contribution in [-0.2, 0) is 9.53 Å². The lowest BCUT2D eigenvalue weighted by atomic mass is 9.96. The van der Waals surface area contributed by atoms with Gasteiger partial charge in [0, 0.05) is 5.56 Å². The molecule has 1 aromatic heterocycles. The molecule has 4 rings (SSSR count). The highest BCUT2D eigenvalue weighted by Crippen LogP contribution is 2.31. The first-order chi connectivity index (χ1) is 16.5. The number of nitrogens with zero attached hydrogens (tertiary/aromatic N) is 2. The van der Waals surface area contributed by atoms with Crippen LogP contribution < -0.4 is 24.4 Å². The molecule has 3 aromatic rings. The molecule has 2 aromatic carbocycles. The fraction of sp³-hybridized carbons (Fsp3) is 0.192. The predicted molar refractivity (Wildman–Crippen MR) is 131 cm³/mol. The molecule has 0 saturated carbocycles. The number of hydrogen-bond donors (Lipinski definition) is 0. The third kappa shape index (κ3) is 4.32. The molecule has 0 saturated heterocycles. The number of para-hydroxylation sites is 1. The van der Waals surface area contributed by atoms with Crippen molar-refractivity contribution in [2.75, 3.05) is 20.8 Å². The van der Waals surface area contributed by atoms with Gasteiger partial charge in [0.2, 0.25) is 0 Å². The lowest BCUT2D eigenvalue weighted by molar-refractivity contribution is -0.138. The zero-order valence-electron chi connectivity index (χ0n) is 19.1. The Labute approximate surface area is 200 Å². The minimum Gasteiger partial charge on any atom is -0.497 e. The molecule has 0 amide bonds. The van der Waals surface area contributed by atoms with E-state index in [1.807, 2.05) is 36.4 Å². The van der Waals surface area contributed by atoms with Gasteiger partial charge in [-0.15, -0.1) is 0 Å². The van der Waals surface area contributed by atoms with E-state index >= 15 is 0 Å². The summed E-state index contributed by atoms with van der Waals surface area (Å²) >= 11 is 1.26. The van der Waals surface area contributed by atoms with Gasteiger partial charge < -0.3 is 14.2 Å². The maximum absolute atomic E-state index is 13.6. The predicted octanol–water partition coefficient (Wildman–Crippen LogP) is 2.98. The zero-order chi connectivity index (χ0) is 24.2. The number of hydrogen-bond acceptors (Lipinski definition) is 7. The van der Waals surface area contributed by atoms with Crippen molar-refractivity contribution in [3.63, 3.8) is 0 Å². The number of esters is 1. The topological polar surface area (TPSA) is 79.1 Å². The van der Waals surface area contributed by atoms with E-state index in [4.69, 9.17) is 14.2 Å². The quantitative estimate of drug-likeness (QED) is 0.387. The molecule has 0 radical (unpaired) electrons. The van der Waals surface area contributed by atoms with Crippen LogP contribution in [-0.4, -0.2) is 31.4 Å². The Hall–Kier alpha value is -3.91. The molecule has 1 aliphatic rings. The SMILES string of the molecule is C=CCOC(=O)C1=C(C)N=c2s/c(=C\c3ccccc3OC)c(=O)n2[C@H]1c1ccc(OC)cc1. The van der Waals surface area contributed by atoms with Gasteiger partial charge in [0.1, 0.15) is 18.1 Å². The Morgan fingerprint density at radius 2 is 1.88 bits per heavy atom. The molecule has 0 unspecified atom stereocenters. The van der Waals surface area contributed by atoms with Gasteiger partial charge in [-0.05, 0) is 36.8 Å². The molecular weight excluding hydrogens is 452 g/mol. The molecule has 0 bridgehead atoms. The molecule has 0 N–H and O–H groups in total. The zero-order valence-corrected chi connectivity index (χ0v) is 19.9. The van der Waals surface area contributed by atoms with Crippen molar-refractivity contribution in [3.8, 4) is 11.5 Å². The van der Waals surface area contributed by atoms with Crippen molar-refractivity contribution in [1.82, 2.24) is 4.57 Å². The molecule has 0 aliphatic carbocycles. The van der Waals surface area contributed by atoms with Crippen LogP contribution in [0.4, 0.5) is 0 Å². The van der Waals surface area contributed by atoms with Crippen LogP contribution in [0.15, 0.2) is 82.2 Å². The van der Waals surface area contributed by atoms with Crippen molar-refractivity contribution in [3.05, 3.63) is 103 Å². The molecule has 0 fully saturated rings. The summed E-state index contributed by atoms with van der Waals surface area (Å²) < 4.78 is 18.1. The summed E-state index contributed by atoms with van der Waals surface area (Å²) in [6, 6.07) is 14.0. The summed E-state index contributed by atoms with van der Waals surface area (Å²) in [7, 11) is 3.17. The lowest BCUT2D eigenvalue weighted by Gasteiger charge is -2.24. The minimum absolute atomic E-state index is 0.0587. The lowest BCUT2D eigenvalue weighted by Crippen LogP contribution is -2.39. The largest absolute Gasteiger partial charge is 0.497 e. The maximum Gasteiger partial charge on any atom is 0.338 e. The summed E-state index contributed by atoms with van der Waals surface area (Å²) in [6.07, 6.45) is 3.28. The van der Waals surface area contributed by atoms with Crippen LogP contribution in [0.1, 0.15) is 24.1 Å². The number of allylic oxidation sites excluding steroid dienone is 1. The summed E-state index contributed by atoms with van der Waals surface area (Å²) in [5.74, 6) is 0.787. The molecule has 34 heavy (non-hydrogen) atoms. The highest BCUT2D eigenvalue weighted by atomic mass is 32.1. The normalized spacial score (nSPS) is 15.4. The Morgan fingerprint density at radius 1 is 1.15 bits per heavy atom. The van der Waals surface area contributed by atoms with Gasteiger partial charge in [-0.3, -0.25) is 9.36 Å². The Morgan fingerprint density at radius 3 is 2.56 bits per heavy atom. The van der Waals surface area contributed by atoms with Crippen molar-refractivity contribution >= 4 is 23.4 Å². The van der Waals surface area contributed by atoms with Gasteiger partial charge in [0.25, 0.3) is 5.56 Å². The average molecular weight is 477 g/mol. The first kappa shape index (κ1) is 23.3. The van der Waals surface area contributed by atoms with E-state index in [2.05, 4.69) is 11.6 Å². The smallest absolute Gasteiger partial charge is 0.338 e. The first-order valence-electron chi connectivity index (χ1n) is 10.6. The highest BCUT2D eigenvalue weighted by Gasteiger charge is 2.33. The van der Waals surface area contributed by atoms with E-state index in [0.717, 1.165) is 11.1 Å². The van der Waals surface area contributed by atoms with Crippen molar-refractivity contribution < 1.29 is 19.0 Å². The van der Waals surface area contributed by atoms with Crippen LogP contribution in [0.25, 0.3) is 6.08 Å². The number of fused-ring (bicyclic) bond motifs is 1. The minimum atomic E-state index is -0.695. The van der Waals surface area contributed by atoms with Crippen LogP contribution in [0.5, 0.6) is 11.5 Å². The van der Waals surface area contributed by atoms with Crippen LogP contribution >= 0.6 is 11.3 Å². The molecule has 1 atom stereocenters.